The molecule has 1 heterocycles. The number of nitrogens with zero attached hydrogens (tertiary/aromatic N) is 3. The summed E-state index contributed by atoms with van der Waals surface area (Å²) in [4.78, 5) is 13.7. The third-order valence-electron chi connectivity index (χ3n) is 2.69. The van der Waals surface area contributed by atoms with Crippen LogP contribution in [-0.4, -0.2) is 33.7 Å². The van der Waals surface area contributed by atoms with Gasteiger partial charge in [0.2, 0.25) is 5.91 Å². The molecule has 0 unspecified atom stereocenters. The Hall–Kier alpha value is -1.03. The average Bonchev–Trinajstić information content (AvgIpc) is 2.48. The van der Waals surface area contributed by atoms with Crippen molar-refractivity contribution >= 4 is 17.5 Å². The molecule has 90 valence electrons. The molecule has 0 aliphatic heterocycles. The predicted molar refractivity (Wildman–Crippen MR) is 64.6 cm³/mol. The van der Waals surface area contributed by atoms with Gasteiger partial charge in [-0.3, -0.25) is 9.48 Å². The van der Waals surface area contributed by atoms with Crippen LogP contribution in [0.2, 0.25) is 5.02 Å². The summed E-state index contributed by atoms with van der Waals surface area (Å²) in [6.45, 7) is 9.36. The Labute approximate surface area is 101 Å². The molecule has 1 rings (SSSR count). The summed E-state index contributed by atoms with van der Waals surface area (Å²) >= 11 is 6.02. The number of halogens is 1. The molecular formula is C11H18ClN3O. The molecule has 1 aromatic heterocycles. The number of carbonyl (C=O) groups excluding carboxylic acids is 1. The molecule has 0 radical (unpaired) electrons. The van der Waals surface area contributed by atoms with Crippen molar-refractivity contribution in [1.82, 2.24) is 14.7 Å². The van der Waals surface area contributed by atoms with Gasteiger partial charge < -0.3 is 4.90 Å². The Morgan fingerprint density at radius 1 is 1.38 bits per heavy atom. The molecule has 0 bridgehead atoms. The first kappa shape index (κ1) is 13.0. The van der Waals surface area contributed by atoms with E-state index in [1.165, 1.54) is 0 Å². The molecule has 0 N–H and O–H groups in total. The summed E-state index contributed by atoms with van der Waals surface area (Å²) < 4.78 is 1.66. The Kier molecular flexibility index (Phi) is 4.35. The van der Waals surface area contributed by atoms with Crippen LogP contribution in [0.4, 0.5) is 0 Å². The first-order chi connectivity index (χ1) is 7.51. The summed E-state index contributed by atoms with van der Waals surface area (Å²) in [7, 11) is 0. The minimum Gasteiger partial charge on any atom is -0.342 e. The largest absolute Gasteiger partial charge is 0.342 e. The topological polar surface area (TPSA) is 38.1 Å². The minimum atomic E-state index is 0.0762. The van der Waals surface area contributed by atoms with E-state index >= 15 is 0 Å². The summed E-state index contributed by atoms with van der Waals surface area (Å²) in [6, 6.07) is 0. The van der Waals surface area contributed by atoms with Crippen LogP contribution in [0.1, 0.15) is 25.2 Å². The third-order valence-corrected chi connectivity index (χ3v) is 3.24. The fraction of sp³-hybridized carbons (Fsp3) is 0.636. The number of amides is 1. The molecule has 4 nitrogen and oxygen atoms in total. The Morgan fingerprint density at radius 3 is 2.31 bits per heavy atom. The lowest BCUT2D eigenvalue weighted by Crippen LogP contribution is -2.33. The van der Waals surface area contributed by atoms with E-state index in [1.54, 1.807) is 9.58 Å². The van der Waals surface area contributed by atoms with Crippen LogP contribution in [0.15, 0.2) is 0 Å². The van der Waals surface area contributed by atoms with Crippen LogP contribution in [0, 0.1) is 13.8 Å². The lowest BCUT2D eigenvalue weighted by Gasteiger charge is -2.18. The Bertz CT molecular complexity index is 383. The summed E-state index contributed by atoms with van der Waals surface area (Å²) in [5, 5.41) is 4.88. The third kappa shape index (κ3) is 2.55. The zero-order valence-corrected chi connectivity index (χ0v) is 11.0. The van der Waals surface area contributed by atoms with Crippen molar-refractivity contribution in [3.63, 3.8) is 0 Å². The molecule has 0 saturated heterocycles. The maximum absolute atomic E-state index is 11.9. The van der Waals surface area contributed by atoms with E-state index in [-0.39, 0.29) is 12.5 Å². The van der Waals surface area contributed by atoms with E-state index in [0.717, 1.165) is 24.5 Å². The highest BCUT2D eigenvalue weighted by Crippen LogP contribution is 2.18. The molecule has 0 fully saturated rings. The van der Waals surface area contributed by atoms with Gasteiger partial charge in [-0.15, -0.1) is 0 Å². The van der Waals surface area contributed by atoms with E-state index < -0.39 is 0 Å². The second-order valence-electron chi connectivity index (χ2n) is 3.71. The minimum absolute atomic E-state index is 0.0762. The van der Waals surface area contributed by atoms with E-state index in [1.807, 2.05) is 27.7 Å². The quantitative estimate of drug-likeness (QED) is 0.812. The maximum atomic E-state index is 11.9. The average molecular weight is 244 g/mol. The number of rotatable bonds is 4. The highest BCUT2D eigenvalue weighted by Gasteiger charge is 2.15. The van der Waals surface area contributed by atoms with E-state index in [4.69, 9.17) is 11.6 Å². The SMILES string of the molecule is CCN(CC)C(=O)Cn1nc(C)c(Cl)c1C. The number of carbonyl (C=O) groups is 1. The van der Waals surface area contributed by atoms with Crippen LogP contribution in [-0.2, 0) is 11.3 Å². The Morgan fingerprint density at radius 2 is 1.94 bits per heavy atom. The van der Waals surface area contributed by atoms with Crippen molar-refractivity contribution in [1.29, 1.82) is 0 Å². The monoisotopic (exact) mass is 243 g/mol. The number of aromatic nitrogens is 2. The number of likely N-dealkylation sites (N-methyl/N-ethyl adjacent to an activating group) is 1. The predicted octanol–water partition coefficient (Wildman–Crippen LogP) is 2.02. The van der Waals surface area contributed by atoms with Gasteiger partial charge in [0.1, 0.15) is 6.54 Å². The molecule has 1 amide bonds. The molecule has 0 saturated carbocycles. The maximum Gasteiger partial charge on any atom is 0.244 e. The van der Waals surface area contributed by atoms with Gasteiger partial charge in [-0.2, -0.15) is 5.10 Å². The van der Waals surface area contributed by atoms with Gasteiger partial charge in [-0.1, -0.05) is 11.6 Å². The van der Waals surface area contributed by atoms with Crippen LogP contribution in [0.5, 0.6) is 0 Å². The normalized spacial score (nSPS) is 10.6. The molecule has 0 aliphatic rings. The zero-order chi connectivity index (χ0) is 12.3. The summed E-state index contributed by atoms with van der Waals surface area (Å²) in [5.74, 6) is 0.0762. The van der Waals surface area contributed by atoms with Gasteiger partial charge in [0.25, 0.3) is 0 Å². The first-order valence-corrected chi connectivity index (χ1v) is 5.86. The van der Waals surface area contributed by atoms with Crippen molar-refractivity contribution in [3.05, 3.63) is 16.4 Å². The van der Waals surface area contributed by atoms with Crippen molar-refractivity contribution in [2.75, 3.05) is 13.1 Å². The van der Waals surface area contributed by atoms with Crippen molar-refractivity contribution in [2.24, 2.45) is 0 Å². The van der Waals surface area contributed by atoms with Crippen molar-refractivity contribution in [2.45, 2.75) is 34.2 Å². The fourth-order valence-corrected chi connectivity index (χ4v) is 1.77. The van der Waals surface area contributed by atoms with Gasteiger partial charge in [0, 0.05) is 13.1 Å². The molecule has 16 heavy (non-hydrogen) atoms. The molecule has 0 aliphatic carbocycles. The molecular weight excluding hydrogens is 226 g/mol. The molecule has 1 aromatic rings. The van der Waals surface area contributed by atoms with Crippen molar-refractivity contribution < 1.29 is 4.79 Å². The highest BCUT2D eigenvalue weighted by molar-refractivity contribution is 6.31. The van der Waals surface area contributed by atoms with Crippen molar-refractivity contribution in [3.8, 4) is 0 Å². The van der Waals surface area contributed by atoms with E-state index in [0.29, 0.717) is 5.02 Å². The summed E-state index contributed by atoms with van der Waals surface area (Å²) in [6.07, 6.45) is 0. The second-order valence-corrected chi connectivity index (χ2v) is 4.09. The van der Waals surface area contributed by atoms with E-state index in [9.17, 15) is 4.79 Å². The molecule has 0 aromatic carbocycles. The lowest BCUT2D eigenvalue weighted by molar-refractivity contribution is -0.131. The van der Waals surface area contributed by atoms with Crippen LogP contribution < -0.4 is 0 Å². The van der Waals surface area contributed by atoms with Gasteiger partial charge in [0.05, 0.1) is 16.4 Å². The van der Waals surface area contributed by atoms with Gasteiger partial charge >= 0.3 is 0 Å². The smallest absolute Gasteiger partial charge is 0.244 e. The van der Waals surface area contributed by atoms with Crippen LogP contribution in [0.25, 0.3) is 0 Å². The van der Waals surface area contributed by atoms with Gasteiger partial charge in [-0.05, 0) is 27.7 Å². The van der Waals surface area contributed by atoms with Gasteiger partial charge in [-0.25, -0.2) is 0 Å². The van der Waals surface area contributed by atoms with Crippen LogP contribution in [0.3, 0.4) is 0 Å². The first-order valence-electron chi connectivity index (χ1n) is 5.48. The molecule has 0 atom stereocenters. The second kappa shape index (κ2) is 5.34. The van der Waals surface area contributed by atoms with E-state index in [2.05, 4.69) is 5.10 Å². The van der Waals surface area contributed by atoms with Crippen LogP contribution >= 0.6 is 11.6 Å². The summed E-state index contributed by atoms with van der Waals surface area (Å²) in [5.41, 5.74) is 1.62. The van der Waals surface area contributed by atoms with Gasteiger partial charge in [0.15, 0.2) is 0 Å². The molecule has 0 spiro atoms. The number of hydrogen-bond acceptors (Lipinski definition) is 2. The Balaban J connectivity index is 2.80. The number of hydrogen-bond donors (Lipinski definition) is 0. The number of aryl methyl sites for hydroxylation is 1. The zero-order valence-electron chi connectivity index (χ0n) is 10.2. The highest BCUT2D eigenvalue weighted by atomic mass is 35.5. The fourth-order valence-electron chi connectivity index (χ4n) is 1.63. The lowest BCUT2D eigenvalue weighted by atomic mass is 10.4. The standard InChI is InChI=1S/C11H18ClN3O/c1-5-14(6-2)10(16)7-15-9(4)11(12)8(3)13-15/h5-7H2,1-4H3. The molecule has 5 heteroatoms.